The van der Waals surface area contributed by atoms with Gasteiger partial charge in [-0.15, -0.1) is 4.80 Å². The Kier molecular flexibility index (Phi) is 4.48. The second kappa shape index (κ2) is 6.93. The standard InChI is InChI=1S/C16H12BrClN8/c1-9(13-16(20-3-2-19-13)26-23-4-5-24-26)25-15-11-6-10(18)7-12(17)14(11)21-8-22-15/h2-9H,1H3,(H,21,22,25). The highest BCUT2D eigenvalue weighted by molar-refractivity contribution is 9.10. The summed E-state index contributed by atoms with van der Waals surface area (Å²) in [6.07, 6.45) is 7.92. The largest absolute Gasteiger partial charge is 0.361 e. The Morgan fingerprint density at radius 1 is 1.04 bits per heavy atom. The SMILES string of the molecule is CC(Nc1ncnc2c(Br)cc(Cl)cc12)c1nccnc1-n1nccn1. The van der Waals surface area contributed by atoms with Crippen LogP contribution in [0.5, 0.6) is 0 Å². The summed E-state index contributed by atoms with van der Waals surface area (Å²) in [5.74, 6) is 1.20. The van der Waals surface area contributed by atoms with Gasteiger partial charge in [-0.3, -0.25) is 4.98 Å². The van der Waals surface area contributed by atoms with E-state index >= 15 is 0 Å². The summed E-state index contributed by atoms with van der Waals surface area (Å²) in [6, 6.07) is 3.41. The van der Waals surface area contributed by atoms with Crippen LogP contribution in [0.2, 0.25) is 5.02 Å². The lowest BCUT2D eigenvalue weighted by Gasteiger charge is -2.17. The Morgan fingerprint density at radius 3 is 2.62 bits per heavy atom. The van der Waals surface area contributed by atoms with Gasteiger partial charge in [0, 0.05) is 27.3 Å². The first-order valence-electron chi connectivity index (χ1n) is 7.67. The molecule has 1 unspecified atom stereocenters. The van der Waals surface area contributed by atoms with Crippen molar-refractivity contribution in [2.24, 2.45) is 0 Å². The quantitative estimate of drug-likeness (QED) is 0.527. The van der Waals surface area contributed by atoms with Gasteiger partial charge in [0.25, 0.3) is 0 Å². The number of aromatic nitrogens is 7. The Morgan fingerprint density at radius 2 is 1.81 bits per heavy atom. The Balaban J connectivity index is 1.74. The maximum absolute atomic E-state index is 6.19. The molecule has 1 aromatic carbocycles. The Labute approximate surface area is 161 Å². The Hall–Kier alpha value is -2.65. The van der Waals surface area contributed by atoms with Crippen LogP contribution >= 0.6 is 27.5 Å². The number of nitrogens with one attached hydrogen (secondary N) is 1. The van der Waals surface area contributed by atoms with E-state index in [0.29, 0.717) is 22.4 Å². The van der Waals surface area contributed by atoms with Crippen LogP contribution in [-0.2, 0) is 0 Å². The fraction of sp³-hybridized carbons (Fsp3) is 0.125. The van der Waals surface area contributed by atoms with Gasteiger partial charge in [-0.2, -0.15) is 10.2 Å². The molecular formula is C16H12BrClN8. The summed E-state index contributed by atoms with van der Waals surface area (Å²) in [4.78, 5) is 18.9. The van der Waals surface area contributed by atoms with Crippen LogP contribution in [0, 0.1) is 0 Å². The zero-order valence-corrected chi connectivity index (χ0v) is 15.8. The van der Waals surface area contributed by atoms with Crippen LogP contribution < -0.4 is 5.32 Å². The average molecular weight is 432 g/mol. The normalized spacial score (nSPS) is 12.3. The topological polar surface area (TPSA) is 94.3 Å². The minimum Gasteiger partial charge on any atom is -0.361 e. The van der Waals surface area contributed by atoms with Crippen LogP contribution in [0.15, 0.2) is 47.7 Å². The first kappa shape index (κ1) is 16.8. The molecule has 0 radical (unpaired) electrons. The van der Waals surface area contributed by atoms with Crippen LogP contribution in [0.4, 0.5) is 5.82 Å². The third kappa shape index (κ3) is 3.11. The van der Waals surface area contributed by atoms with Crippen LogP contribution in [-0.4, -0.2) is 34.9 Å². The van der Waals surface area contributed by atoms with Gasteiger partial charge < -0.3 is 5.32 Å². The molecule has 0 saturated carbocycles. The van der Waals surface area contributed by atoms with Crippen molar-refractivity contribution in [3.05, 3.63) is 58.4 Å². The van der Waals surface area contributed by atoms with E-state index in [9.17, 15) is 0 Å². The minimum absolute atomic E-state index is 0.208. The first-order chi connectivity index (χ1) is 12.6. The van der Waals surface area contributed by atoms with Gasteiger partial charge in [-0.25, -0.2) is 15.0 Å². The summed E-state index contributed by atoms with van der Waals surface area (Å²) in [5.41, 5.74) is 1.46. The molecule has 0 aliphatic heterocycles. The molecule has 8 nitrogen and oxygen atoms in total. The highest BCUT2D eigenvalue weighted by atomic mass is 79.9. The molecule has 3 aromatic heterocycles. The van der Waals surface area contributed by atoms with Crippen molar-refractivity contribution in [2.75, 3.05) is 5.32 Å². The molecule has 0 spiro atoms. The molecule has 3 heterocycles. The van der Waals surface area contributed by atoms with Gasteiger partial charge in [0.2, 0.25) is 0 Å². The highest BCUT2D eigenvalue weighted by Gasteiger charge is 2.18. The van der Waals surface area contributed by atoms with Gasteiger partial charge >= 0.3 is 0 Å². The van der Waals surface area contributed by atoms with Gasteiger partial charge in [0.1, 0.15) is 17.8 Å². The lowest BCUT2D eigenvalue weighted by Crippen LogP contribution is -2.16. The molecule has 0 saturated heterocycles. The zero-order valence-electron chi connectivity index (χ0n) is 13.5. The van der Waals surface area contributed by atoms with Gasteiger partial charge in [-0.05, 0) is 35.0 Å². The Bertz CT molecular complexity index is 1070. The van der Waals surface area contributed by atoms with E-state index in [1.807, 2.05) is 13.0 Å². The summed E-state index contributed by atoms with van der Waals surface area (Å²) < 4.78 is 0.805. The van der Waals surface area contributed by atoms with E-state index in [1.165, 1.54) is 11.1 Å². The van der Waals surface area contributed by atoms with E-state index in [2.05, 4.69) is 51.4 Å². The van der Waals surface area contributed by atoms with Crippen molar-refractivity contribution < 1.29 is 0 Å². The van der Waals surface area contributed by atoms with E-state index in [-0.39, 0.29) is 6.04 Å². The molecule has 10 heteroatoms. The van der Waals surface area contributed by atoms with E-state index in [4.69, 9.17) is 11.6 Å². The summed E-state index contributed by atoms with van der Waals surface area (Å²) in [6.45, 7) is 1.96. The number of hydrogen-bond acceptors (Lipinski definition) is 7. The fourth-order valence-electron chi connectivity index (χ4n) is 2.61. The van der Waals surface area contributed by atoms with Crippen molar-refractivity contribution in [2.45, 2.75) is 13.0 Å². The third-order valence-corrected chi connectivity index (χ3v) is 4.56. The second-order valence-corrected chi connectivity index (χ2v) is 6.75. The number of benzene rings is 1. The average Bonchev–Trinajstić information content (AvgIpc) is 3.17. The van der Waals surface area contributed by atoms with Crippen LogP contribution in [0.1, 0.15) is 18.7 Å². The van der Waals surface area contributed by atoms with Crippen LogP contribution in [0.25, 0.3) is 16.7 Å². The van der Waals surface area contributed by atoms with Crippen LogP contribution in [0.3, 0.4) is 0 Å². The minimum atomic E-state index is -0.208. The maximum Gasteiger partial charge on any atom is 0.198 e. The number of rotatable bonds is 4. The van der Waals surface area contributed by atoms with E-state index in [0.717, 1.165) is 15.4 Å². The molecule has 1 atom stereocenters. The number of fused-ring (bicyclic) bond motifs is 1. The number of hydrogen-bond donors (Lipinski definition) is 1. The molecule has 4 aromatic rings. The fourth-order valence-corrected chi connectivity index (χ4v) is 3.52. The maximum atomic E-state index is 6.19. The molecule has 130 valence electrons. The smallest absolute Gasteiger partial charge is 0.198 e. The van der Waals surface area contributed by atoms with Crippen molar-refractivity contribution in [3.8, 4) is 5.82 Å². The van der Waals surface area contributed by atoms with Crippen molar-refractivity contribution in [1.82, 2.24) is 34.9 Å². The molecule has 0 fully saturated rings. The monoisotopic (exact) mass is 430 g/mol. The number of nitrogens with zero attached hydrogens (tertiary/aromatic N) is 7. The lowest BCUT2D eigenvalue weighted by atomic mass is 10.2. The number of anilines is 1. The summed E-state index contributed by atoms with van der Waals surface area (Å²) in [7, 11) is 0. The lowest BCUT2D eigenvalue weighted by molar-refractivity contribution is 0.690. The predicted molar refractivity (Wildman–Crippen MR) is 101 cm³/mol. The molecule has 26 heavy (non-hydrogen) atoms. The molecule has 0 aliphatic carbocycles. The van der Waals surface area contributed by atoms with Gasteiger partial charge in [-0.1, -0.05) is 11.6 Å². The molecule has 0 aliphatic rings. The third-order valence-electron chi connectivity index (χ3n) is 3.73. The van der Waals surface area contributed by atoms with Gasteiger partial charge in [0.15, 0.2) is 5.82 Å². The summed E-state index contributed by atoms with van der Waals surface area (Å²) >= 11 is 9.67. The van der Waals surface area contributed by atoms with E-state index < -0.39 is 0 Å². The predicted octanol–water partition coefficient (Wildman–Crippen LogP) is 3.59. The molecule has 4 rings (SSSR count). The number of halogens is 2. The van der Waals surface area contributed by atoms with Crippen molar-refractivity contribution in [1.29, 1.82) is 0 Å². The van der Waals surface area contributed by atoms with Gasteiger partial charge in [0.05, 0.1) is 24.0 Å². The second-order valence-electron chi connectivity index (χ2n) is 5.46. The van der Waals surface area contributed by atoms with E-state index in [1.54, 1.807) is 30.9 Å². The molecular weight excluding hydrogens is 420 g/mol. The molecule has 0 amide bonds. The highest BCUT2D eigenvalue weighted by Crippen LogP contribution is 2.31. The zero-order chi connectivity index (χ0) is 18.1. The first-order valence-corrected chi connectivity index (χ1v) is 8.84. The van der Waals surface area contributed by atoms with Crippen molar-refractivity contribution >= 4 is 44.3 Å². The molecule has 0 bridgehead atoms. The molecule has 1 N–H and O–H groups in total. The van der Waals surface area contributed by atoms with Crippen molar-refractivity contribution in [3.63, 3.8) is 0 Å². The summed E-state index contributed by atoms with van der Waals surface area (Å²) in [5, 5.41) is 13.0.